The fourth-order valence-electron chi connectivity index (χ4n) is 1.67. The van der Waals surface area contributed by atoms with E-state index < -0.39 is 7.41 Å². The Morgan fingerprint density at radius 2 is 1.27 bits per heavy atom. The Labute approximate surface area is 86.9 Å². The van der Waals surface area contributed by atoms with Gasteiger partial charge < -0.3 is 4.42 Å². The number of hydrogen-bond donors (Lipinski definition) is 0. The zero-order valence-electron chi connectivity index (χ0n) is 7.88. The number of fused-ring (bicyclic) bond motifs is 2. The van der Waals surface area contributed by atoms with Crippen LogP contribution in [-0.4, -0.2) is 0 Å². The molecule has 0 saturated heterocycles. The molecule has 0 N–H and O–H groups in total. The van der Waals surface area contributed by atoms with E-state index in [1.54, 1.807) is 0 Å². The molecular weight excluding hydrogens is 207 g/mol. The van der Waals surface area contributed by atoms with Crippen molar-refractivity contribution >= 4 is 28.8 Å². The van der Waals surface area contributed by atoms with Crippen molar-refractivity contribution in [3.63, 3.8) is 0 Å². The molecule has 0 saturated carbocycles. The molecule has 0 unspecified atom stereocenters. The molecule has 2 nitrogen and oxygen atoms in total. The molecule has 0 spiro atoms. The molecule has 0 aliphatic carbocycles. The number of para-hydroxylation sites is 2. The van der Waals surface area contributed by atoms with Crippen LogP contribution in [0.5, 0.6) is 0 Å². The Morgan fingerprint density at radius 3 is 1.80 bits per heavy atom. The van der Waals surface area contributed by atoms with E-state index in [1.165, 1.54) is 0 Å². The van der Waals surface area contributed by atoms with Crippen molar-refractivity contribution in [3.05, 3.63) is 48.5 Å². The van der Waals surface area contributed by atoms with Gasteiger partial charge in [-0.2, -0.15) is 0 Å². The van der Waals surface area contributed by atoms with Crippen LogP contribution in [0.15, 0.2) is 52.9 Å². The number of benzene rings is 2. The van der Waals surface area contributed by atoms with Gasteiger partial charge in [0, 0.05) is 0 Å². The van der Waals surface area contributed by atoms with Gasteiger partial charge >= 0.3 is 7.41 Å². The third kappa shape index (κ3) is 1.26. The van der Waals surface area contributed by atoms with Gasteiger partial charge in [-0.25, -0.2) is 0 Å². The summed E-state index contributed by atoms with van der Waals surface area (Å²) in [5.74, 6) is 0. The van der Waals surface area contributed by atoms with Gasteiger partial charge in [0.05, 0.1) is 0 Å². The van der Waals surface area contributed by atoms with Crippen molar-refractivity contribution in [2.45, 2.75) is 0 Å². The fraction of sp³-hybridized carbons (Fsp3) is 0. The Morgan fingerprint density at radius 1 is 0.800 bits per heavy atom. The van der Waals surface area contributed by atoms with Gasteiger partial charge in [0.15, 0.2) is 11.2 Å². The molecule has 1 aromatic heterocycles. The lowest BCUT2D eigenvalue weighted by Gasteiger charge is -1.92. The van der Waals surface area contributed by atoms with Gasteiger partial charge in [-0.1, -0.05) is 28.8 Å². The van der Waals surface area contributed by atoms with Crippen LogP contribution in [0.3, 0.4) is 0 Å². The molecule has 0 radical (unpaired) electrons. The maximum atomic E-state index is 12.2. The second-order valence-electron chi connectivity index (χ2n) is 3.33. The zero-order chi connectivity index (χ0) is 10.3. The normalized spacial score (nSPS) is 10.9. The van der Waals surface area contributed by atoms with Crippen molar-refractivity contribution in [3.8, 4) is 0 Å². The summed E-state index contributed by atoms with van der Waals surface area (Å²) in [6, 6.07) is 14.9. The smallest absolute Gasteiger partial charge is 0.423 e. The van der Waals surface area contributed by atoms with Gasteiger partial charge in [-0.15, -0.1) is 0 Å². The number of rotatable bonds is 0. The van der Waals surface area contributed by atoms with Gasteiger partial charge in [-0.05, 0) is 24.3 Å². The molecule has 2 aromatic carbocycles. The molecule has 0 amide bonds. The molecule has 0 atom stereocenters. The third-order valence-corrected chi connectivity index (χ3v) is 4.00. The zero-order valence-corrected chi connectivity index (χ0v) is 8.78. The lowest BCUT2D eigenvalue weighted by molar-refractivity contribution is 0.600. The van der Waals surface area contributed by atoms with Crippen molar-refractivity contribution in [2.24, 2.45) is 0 Å². The highest BCUT2D eigenvalue weighted by Crippen LogP contribution is 2.36. The fourth-order valence-corrected chi connectivity index (χ4v) is 3.01. The first-order valence-corrected chi connectivity index (χ1v) is 5.95. The first kappa shape index (κ1) is 8.63. The van der Waals surface area contributed by atoms with Crippen molar-refractivity contribution < 1.29 is 8.98 Å². The molecule has 3 heteroatoms. The van der Waals surface area contributed by atoms with Gasteiger partial charge in [0.2, 0.25) is 10.2 Å². The summed E-state index contributed by atoms with van der Waals surface area (Å²) in [6.45, 7) is 0. The van der Waals surface area contributed by atoms with Crippen molar-refractivity contribution in [2.75, 3.05) is 0 Å². The molecule has 0 aliphatic rings. The van der Waals surface area contributed by atoms with E-state index in [1.807, 2.05) is 48.5 Å². The monoisotopic (exact) mass is 215 g/mol. The van der Waals surface area contributed by atoms with Crippen molar-refractivity contribution in [1.29, 1.82) is 0 Å². The van der Waals surface area contributed by atoms with Crippen LogP contribution in [0.4, 0.5) is 0 Å². The second-order valence-corrected chi connectivity index (χ2v) is 4.88. The largest absolute Gasteiger partial charge is 0.448 e. The van der Waals surface area contributed by atoms with E-state index in [0.29, 0.717) is 11.2 Å². The Kier molecular flexibility index (Phi) is 1.83. The topological polar surface area (TPSA) is 30.2 Å². The average molecular weight is 215 g/mol. The maximum Gasteiger partial charge on any atom is 0.423 e. The van der Waals surface area contributed by atoms with E-state index in [4.69, 9.17) is 4.42 Å². The molecule has 1 heterocycles. The summed E-state index contributed by atoms with van der Waals surface area (Å²) >= 11 is 0. The summed E-state index contributed by atoms with van der Waals surface area (Å²) in [5.41, 5.74) is 1.41. The highest BCUT2D eigenvalue weighted by Gasteiger charge is 2.16. The second kappa shape index (κ2) is 3.18. The van der Waals surface area contributed by atoms with Crippen LogP contribution in [0.2, 0.25) is 0 Å². The summed E-state index contributed by atoms with van der Waals surface area (Å²) < 4.78 is 17.8. The van der Waals surface area contributed by atoms with Gasteiger partial charge in [-0.3, -0.25) is 0 Å². The molecule has 3 rings (SSSR count). The van der Waals surface area contributed by atoms with Crippen LogP contribution in [-0.2, 0) is 4.57 Å². The lowest BCUT2D eigenvalue weighted by Crippen LogP contribution is -1.71. The van der Waals surface area contributed by atoms with Crippen LogP contribution < -0.4 is 0 Å². The van der Waals surface area contributed by atoms with Crippen LogP contribution in [0.25, 0.3) is 21.4 Å². The molecule has 0 aliphatic heterocycles. The quantitative estimate of drug-likeness (QED) is 0.522. The summed E-state index contributed by atoms with van der Waals surface area (Å²) in [5, 5.41) is 1.57. The summed E-state index contributed by atoms with van der Waals surface area (Å²) in [7, 11) is -1.50. The van der Waals surface area contributed by atoms with E-state index in [0.717, 1.165) is 10.2 Å². The average Bonchev–Trinajstić information content (AvgIpc) is 2.30. The summed E-state index contributed by atoms with van der Waals surface area (Å²) in [6.07, 6.45) is 0. The molecule has 15 heavy (non-hydrogen) atoms. The van der Waals surface area contributed by atoms with E-state index in [2.05, 4.69) is 0 Å². The highest BCUT2D eigenvalue weighted by atomic mass is 31.1. The minimum atomic E-state index is -1.50. The first-order valence-electron chi connectivity index (χ1n) is 4.69. The molecule has 72 valence electrons. The highest BCUT2D eigenvalue weighted by molar-refractivity contribution is 7.48. The predicted molar refractivity (Wildman–Crippen MR) is 61.3 cm³/mol. The summed E-state index contributed by atoms with van der Waals surface area (Å²) in [4.78, 5) is 0. The SMILES string of the molecule is O=[p+]1c2ccccc2oc2ccccc21. The van der Waals surface area contributed by atoms with Crippen LogP contribution in [0.1, 0.15) is 0 Å². The lowest BCUT2D eigenvalue weighted by atomic mass is 10.3. The molecule has 0 fully saturated rings. The van der Waals surface area contributed by atoms with E-state index >= 15 is 0 Å². The maximum absolute atomic E-state index is 12.2. The standard InChI is InChI=1S/C12H8O2P/c13-15-11-7-3-1-5-9(11)14-10-6-2-4-8-12(10)15/h1-8H/q+1. The minimum absolute atomic E-state index is 0.706. The van der Waals surface area contributed by atoms with Crippen LogP contribution >= 0.6 is 7.41 Å². The molecular formula is C12H8O2P+. The van der Waals surface area contributed by atoms with Crippen molar-refractivity contribution in [1.82, 2.24) is 0 Å². The predicted octanol–water partition coefficient (Wildman–Crippen LogP) is 4.33. The number of hydrogen-bond acceptors (Lipinski definition) is 2. The van der Waals surface area contributed by atoms with E-state index in [9.17, 15) is 4.57 Å². The van der Waals surface area contributed by atoms with E-state index in [-0.39, 0.29) is 0 Å². The minimum Gasteiger partial charge on any atom is -0.448 e. The molecule has 3 aromatic rings. The third-order valence-electron chi connectivity index (χ3n) is 2.39. The Balaban J connectivity index is 2.66. The molecule has 0 bridgehead atoms. The first-order chi connectivity index (χ1) is 7.36. The Hall–Kier alpha value is -1.66. The van der Waals surface area contributed by atoms with Gasteiger partial charge in [0.1, 0.15) is 0 Å². The van der Waals surface area contributed by atoms with Gasteiger partial charge in [0.25, 0.3) is 0 Å². The van der Waals surface area contributed by atoms with Crippen LogP contribution in [0, 0.1) is 0 Å². The Bertz CT molecular complexity index is 643.